The molecule has 1 fully saturated rings. The number of hydrogen-bond acceptors (Lipinski definition) is 4. The predicted octanol–water partition coefficient (Wildman–Crippen LogP) is 3.64. The number of carbonyl (C=O) groups is 3. The fraction of sp³-hybridized carbons (Fsp3) is 0.348. The highest BCUT2D eigenvalue weighted by Crippen LogP contribution is 2.21. The van der Waals surface area contributed by atoms with Crippen LogP contribution in [0.1, 0.15) is 28.8 Å². The lowest BCUT2D eigenvalue weighted by molar-refractivity contribution is -0.156. The molecule has 2 aromatic rings. The highest BCUT2D eigenvalue weighted by atomic mass is 79.9. The maximum atomic E-state index is 13.7. The third kappa shape index (κ3) is 6.13. The summed E-state index contributed by atoms with van der Waals surface area (Å²) < 4.78 is 19.8. The molecule has 0 aromatic heterocycles. The quantitative estimate of drug-likeness (QED) is 0.579. The summed E-state index contributed by atoms with van der Waals surface area (Å²) in [5, 5.41) is 0. The van der Waals surface area contributed by atoms with Gasteiger partial charge in [0, 0.05) is 42.3 Å². The van der Waals surface area contributed by atoms with Crippen molar-refractivity contribution >= 4 is 33.7 Å². The third-order valence-corrected chi connectivity index (χ3v) is 5.86. The fourth-order valence-corrected chi connectivity index (χ4v) is 3.69. The Morgan fingerprint density at radius 2 is 1.74 bits per heavy atom. The van der Waals surface area contributed by atoms with Crippen molar-refractivity contribution in [1.29, 1.82) is 0 Å². The smallest absolute Gasteiger partial charge is 0.309 e. The van der Waals surface area contributed by atoms with Crippen LogP contribution in [-0.4, -0.2) is 54.3 Å². The van der Waals surface area contributed by atoms with E-state index in [1.54, 1.807) is 35.2 Å². The van der Waals surface area contributed by atoms with E-state index < -0.39 is 11.9 Å². The standard InChI is InChI=1S/C23H24BrFN2O4/c1-26(14-18-4-2-3-5-20(18)25)21(28)15-31-23(30)17-10-12-27(13-11-17)22(29)16-6-8-19(24)9-7-16/h2-9,17H,10-15H2,1H3. The first-order chi connectivity index (χ1) is 14.8. The van der Waals surface area contributed by atoms with Crippen LogP contribution in [0.5, 0.6) is 0 Å². The Morgan fingerprint density at radius 1 is 1.10 bits per heavy atom. The van der Waals surface area contributed by atoms with Crippen LogP contribution in [0.15, 0.2) is 53.0 Å². The lowest BCUT2D eigenvalue weighted by Crippen LogP contribution is -2.41. The summed E-state index contributed by atoms with van der Waals surface area (Å²) in [5.74, 6) is -1.64. The SMILES string of the molecule is CN(Cc1ccccc1F)C(=O)COC(=O)C1CCN(C(=O)c2ccc(Br)cc2)CC1. The Bertz CT molecular complexity index is 943. The normalized spacial score (nSPS) is 14.2. The van der Waals surface area contributed by atoms with Gasteiger partial charge in [0.15, 0.2) is 6.61 Å². The lowest BCUT2D eigenvalue weighted by atomic mass is 9.96. The highest BCUT2D eigenvalue weighted by molar-refractivity contribution is 9.10. The maximum Gasteiger partial charge on any atom is 0.309 e. The van der Waals surface area contributed by atoms with Crippen LogP contribution in [0.4, 0.5) is 4.39 Å². The summed E-state index contributed by atoms with van der Waals surface area (Å²) in [4.78, 5) is 40.2. The molecule has 1 aliphatic heterocycles. The number of esters is 1. The minimum absolute atomic E-state index is 0.0655. The molecule has 1 heterocycles. The molecule has 0 spiro atoms. The van der Waals surface area contributed by atoms with E-state index in [1.165, 1.54) is 18.0 Å². The molecule has 2 amide bonds. The number of hydrogen-bond donors (Lipinski definition) is 0. The van der Waals surface area contributed by atoms with E-state index in [2.05, 4.69) is 15.9 Å². The largest absolute Gasteiger partial charge is 0.455 e. The van der Waals surface area contributed by atoms with Crippen molar-refractivity contribution in [2.45, 2.75) is 19.4 Å². The summed E-state index contributed by atoms with van der Waals surface area (Å²) in [7, 11) is 1.54. The van der Waals surface area contributed by atoms with Crippen LogP contribution < -0.4 is 0 Å². The zero-order valence-electron chi connectivity index (χ0n) is 17.2. The van der Waals surface area contributed by atoms with E-state index in [-0.39, 0.29) is 30.8 Å². The van der Waals surface area contributed by atoms with Gasteiger partial charge in [-0.3, -0.25) is 14.4 Å². The Labute approximate surface area is 189 Å². The van der Waals surface area contributed by atoms with E-state index >= 15 is 0 Å². The van der Waals surface area contributed by atoms with Gasteiger partial charge < -0.3 is 14.5 Å². The van der Waals surface area contributed by atoms with Crippen LogP contribution in [-0.2, 0) is 20.9 Å². The molecule has 2 aromatic carbocycles. The topological polar surface area (TPSA) is 66.9 Å². The van der Waals surface area contributed by atoms with Crippen LogP contribution in [0, 0.1) is 11.7 Å². The van der Waals surface area contributed by atoms with Gasteiger partial charge >= 0.3 is 5.97 Å². The average Bonchev–Trinajstić information content (AvgIpc) is 2.78. The van der Waals surface area contributed by atoms with Crippen LogP contribution in [0.25, 0.3) is 0 Å². The predicted molar refractivity (Wildman–Crippen MR) is 117 cm³/mol. The second-order valence-electron chi connectivity index (χ2n) is 7.52. The molecule has 3 rings (SSSR count). The Hall–Kier alpha value is -2.74. The number of nitrogens with zero attached hydrogens (tertiary/aromatic N) is 2. The number of rotatable bonds is 6. The zero-order chi connectivity index (χ0) is 22.4. The van der Waals surface area contributed by atoms with Crippen molar-refractivity contribution in [3.8, 4) is 0 Å². The number of ether oxygens (including phenoxy) is 1. The van der Waals surface area contributed by atoms with E-state index in [0.717, 1.165) is 4.47 Å². The molecule has 0 atom stereocenters. The molecule has 0 saturated carbocycles. The number of benzene rings is 2. The summed E-state index contributed by atoms with van der Waals surface area (Å²) in [5.41, 5.74) is 1.00. The second kappa shape index (κ2) is 10.5. The number of amides is 2. The van der Waals surface area contributed by atoms with Crippen molar-refractivity contribution in [2.24, 2.45) is 5.92 Å². The minimum atomic E-state index is -0.441. The van der Waals surface area contributed by atoms with Crippen molar-refractivity contribution in [2.75, 3.05) is 26.7 Å². The first kappa shape index (κ1) is 22.9. The zero-order valence-corrected chi connectivity index (χ0v) is 18.8. The summed E-state index contributed by atoms with van der Waals surface area (Å²) in [6.45, 7) is 0.618. The van der Waals surface area contributed by atoms with Gasteiger partial charge in [-0.25, -0.2) is 4.39 Å². The van der Waals surface area contributed by atoms with Gasteiger partial charge in [0.1, 0.15) is 5.82 Å². The van der Waals surface area contributed by atoms with E-state index in [0.29, 0.717) is 37.1 Å². The molecule has 0 aliphatic carbocycles. The van der Waals surface area contributed by atoms with Crippen molar-refractivity contribution < 1.29 is 23.5 Å². The van der Waals surface area contributed by atoms with E-state index in [9.17, 15) is 18.8 Å². The monoisotopic (exact) mass is 490 g/mol. The molecule has 1 aliphatic rings. The van der Waals surface area contributed by atoms with Crippen molar-refractivity contribution in [1.82, 2.24) is 9.80 Å². The van der Waals surface area contributed by atoms with Crippen LogP contribution >= 0.6 is 15.9 Å². The number of carbonyl (C=O) groups excluding carboxylic acids is 3. The number of likely N-dealkylation sites (tertiary alicyclic amines) is 1. The average molecular weight is 491 g/mol. The molecule has 1 saturated heterocycles. The Kier molecular flexibility index (Phi) is 7.79. The van der Waals surface area contributed by atoms with Crippen molar-refractivity contribution in [3.05, 3.63) is 69.9 Å². The minimum Gasteiger partial charge on any atom is -0.455 e. The van der Waals surface area contributed by atoms with Gasteiger partial charge in [0.2, 0.25) is 0 Å². The van der Waals surface area contributed by atoms with E-state index in [4.69, 9.17) is 4.74 Å². The van der Waals surface area contributed by atoms with Gasteiger partial charge in [-0.2, -0.15) is 0 Å². The number of halogens is 2. The Morgan fingerprint density at radius 3 is 2.39 bits per heavy atom. The number of piperidine rings is 1. The maximum absolute atomic E-state index is 13.7. The van der Waals surface area contributed by atoms with Crippen molar-refractivity contribution in [3.63, 3.8) is 0 Å². The van der Waals surface area contributed by atoms with E-state index in [1.807, 2.05) is 12.1 Å². The number of likely N-dealkylation sites (N-methyl/N-ethyl adjacent to an activating group) is 1. The summed E-state index contributed by atoms with van der Waals surface area (Å²) >= 11 is 3.35. The van der Waals surface area contributed by atoms with Gasteiger partial charge in [0.05, 0.1) is 5.92 Å². The first-order valence-electron chi connectivity index (χ1n) is 10.0. The van der Waals surface area contributed by atoms with Gasteiger partial charge in [-0.1, -0.05) is 34.1 Å². The molecule has 0 N–H and O–H groups in total. The fourth-order valence-electron chi connectivity index (χ4n) is 3.42. The Balaban J connectivity index is 1.43. The molecule has 6 nitrogen and oxygen atoms in total. The van der Waals surface area contributed by atoms with Gasteiger partial charge in [-0.05, 0) is 43.2 Å². The molecular formula is C23H24BrFN2O4. The summed E-state index contributed by atoms with van der Waals surface area (Å²) in [6, 6.07) is 13.4. The van der Waals surface area contributed by atoms with Gasteiger partial charge in [0.25, 0.3) is 11.8 Å². The molecule has 8 heteroatoms. The molecular weight excluding hydrogens is 467 g/mol. The van der Waals surface area contributed by atoms with Crippen LogP contribution in [0.3, 0.4) is 0 Å². The lowest BCUT2D eigenvalue weighted by Gasteiger charge is -2.31. The van der Waals surface area contributed by atoms with Crippen LogP contribution in [0.2, 0.25) is 0 Å². The molecule has 0 unspecified atom stereocenters. The summed E-state index contributed by atoms with van der Waals surface area (Å²) in [6.07, 6.45) is 0.973. The molecule has 31 heavy (non-hydrogen) atoms. The second-order valence-corrected chi connectivity index (χ2v) is 8.44. The molecule has 0 bridgehead atoms. The van der Waals surface area contributed by atoms with Gasteiger partial charge in [-0.15, -0.1) is 0 Å². The molecule has 0 radical (unpaired) electrons. The highest BCUT2D eigenvalue weighted by Gasteiger charge is 2.29. The first-order valence-corrected chi connectivity index (χ1v) is 10.8. The third-order valence-electron chi connectivity index (χ3n) is 5.34. The molecule has 164 valence electrons.